The van der Waals surface area contributed by atoms with Gasteiger partial charge in [-0.25, -0.2) is 18.2 Å². The van der Waals surface area contributed by atoms with Gasteiger partial charge in [-0.05, 0) is 107 Å². The molecule has 3 heterocycles. The van der Waals surface area contributed by atoms with Crippen molar-refractivity contribution in [1.82, 2.24) is 25.2 Å². The SMILES string of the molecule is CN(C)c1ccc2c(OC3C[C@H]4C(=O)N[C@]5(C(=O)NS(=O)(=O)C6CC6)C[C@H]5C=CCOCCC[C@H](NC(=O)OC(C)(C)C)C(=O)N4C3)nc(-c3ccc(OC(F)(F)F)cc3)cc2c1. The molecule has 340 valence electrons. The first kappa shape index (κ1) is 45.4. The van der Waals surface area contributed by atoms with Gasteiger partial charge >= 0.3 is 12.5 Å². The summed E-state index contributed by atoms with van der Waals surface area (Å²) in [7, 11) is -0.267. The first-order valence-corrected chi connectivity index (χ1v) is 22.2. The van der Waals surface area contributed by atoms with Gasteiger partial charge in [-0.1, -0.05) is 12.2 Å². The molecular formula is C43H51F3N6O10S. The first-order valence-electron chi connectivity index (χ1n) is 20.7. The molecule has 5 atom stereocenters. The minimum atomic E-state index is -4.88. The smallest absolute Gasteiger partial charge is 0.472 e. The fraction of sp³-hybridized carbons (Fsp3) is 0.512. The van der Waals surface area contributed by atoms with Gasteiger partial charge < -0.3 is 39.4 Å². The van der Waals surface area contributed by atoms with E-state index in [1.54, 1.807) is 45.1 Å². The summed E-state index contributed by atoms with van der Waals surface area (Å²) in [5, 5.41) is 6.00. The number of rotatable bonds is 9. The largest absolute Gasteiger partial charge is 0.573 e. The van der Waals surface area contributed by atoms with Crippen molar-refractivity contribution < 1.29 is 59.7 Å². The molecule has 2 aromatic carbocycles. The number of pyridine rings is 1. The van der Waals surface area contributed by atoms with E-state index in [1.807, 2.05) is 31.1 Å². The molecule has 0 radical (unpaired) electrons. The molecule has 3 aromatic rings. The van der Waals surface area contributed by atoms with Crippen LogP contribution >= 0.6 is 0 Å². The monoisotopic (exact) mass is 900 g/mol. The molecule has 16 nitrogen and oxygen atoms in total. The lowest BCUT2D eigenvalue weighted by Gasteiger charge is -2.30. The van der Waals surface area contributed by atoms with E-state index in [0.29, 0.717) is 41.3 Å². The van der Waals surface area contributed by atoms with E-state index in [0.717, 1.165) is 5.69 Å². The van der Waals surface area contributed by atoms with Crippen LogP contribution in [0.5, 0.6) is 11.6 Å². The highest BCUT2D eigenvalue weighted by Gasteiger charge is 2.62. The van der Waals surface area contributed by atoms with E-state index in [-0.39, 0.29) is 44.9 Å². The zero-order valence-electron chi connectivity index (χ0n) is 35.5. The molecule has 3 fully saturated rings. The maximum atomic E-state index is 14.7. The van der Waals surface area contributed by atoms with E-state index < -0.39 is 86.4 Å². The van der Waals surface area contributed by atoms with Gasteiger partial charge in [-0.3, -0.25) is 19.1 Å². The van der Waals surface area contributed by atoms with Gasteiger partial charge in [0, 0.05) is 49.7 Å². The highest BCUT2D eigenvalue weighted by Crippen LogP contribution is 2.46. The Balaban J connectivity index is 1.24. The number of alkyl carbamates (subject to hydrolysis) is 1. The molecule has 20 heteroatoms. The number of ether oxygens (including phenoxy) is 4. The molecule has 1 saturated heterocycles. The minimum absolute atomic E-state index is 0.0889. The molecule has 7 rings (SSSR count). The number of nitrogens with one attached hydrogen (secondary N) is 3. The number of carbonyl (C=O) groups excluding carboxylic acids is 4. The molecule has 0 bridgehead atoms. The lowest BCUT2D eigenvalue weighted by molar-refractivity contribution is -0.274. The fourth-order valence-corrected chi connectivity index (χ4v) is 9.09. The van der Waals surface area contributed by atoms with Crippen molar-refractivity contribution in [1.29, 1.82) is 0 Å². The number of nitrogens with zero attached hydrogens (tertiary/aromatic N) is 3. The average Bonchev–Trinajstić information content (AvgIpc) is 4.12. The molecule has 63 heavy (non-hydrogen) atoms. The van der Waals surface area contributed by atoms with Crippen LogP contribution in [0.2, 0.25) is 0 Å². The Morgan fingerprint density at radius 1 is 1.03 bits per heavy atom. The van der Waals surface area contributed by atoms with Crippen LogP contribution in [0.3, 0.4) is 0 Å². The molecule has 2 saturated carbocycles. The summed E-state index contributed by atoms with van der Waals surface area (Å²) in [6, 6.07) is 10.0. The summed E-state index contributed by atoms with van der Waals surface area (Å²) < 4.78 is 88.7. The zero-order valence-corrected chi connectivity index (χ0v) is 36.3. The van der Waals surface area contributed by atoms with Gasteiger partial charge in [0.15, 0.2) is 0 Å². The van der Waals surface area contributed by atoms with E-state index >= 15 is 0 Å². The third kappa shape index (κ3) is 10.9. The molecule has 0 spiro atoms. The Morgan fingerprint density at radius 2 is 1.76 bits per heavy atom. The second kappa shape index (κ2) is 17.5. The summed E-state index contributed by atoms with van der Waals surface area (Å²) in [6.07, 6.45) is -2.00. The predicted molar refractivity (Wildman–Crippen MR) is 224 cm³/mol. The molecule has 4 amide bonds. The van der Waals surface area contributed by atoms with Crippen LogP contribution in [0.1, 0.15) is 59.3 Å². The topological polar surface area (TPSA) is 195 Å². The highest BCUT2D eigenvalue weighted by molar-refractivity contribution is 7.91. The number of sulfonamides is 1. The van der Waals surface area contributed by atoms with Crippen LogP contribution in [-0.2, 0) is 33.9 Å². The van der Waals surface area contributed by atoms with Crippen LogP contribution in [0.25, 0.3) is 22.0 Å². The summed E-state index contributed by atoms with van der Waals surface area (Å²) in [4.78, 5) is 64.1. The molecule has 3 N–H and O–H groups in total. The fourth-order valence-electron chi connectivity index (χ4n) is 7.72. The van der Waals surface area contributed by atoms with Crippen LogP contribution in [0.15, 0.2) is 60.7 Å². The second-order valence-corrected chi connectivity index (χ2v) is 19.4. The Kier molecular flexibility index (Phi) is 12.6. The van der Waals surface area contributed by atoms with Crippen molar-refractivity contribution in [2.24, 2.45) is 5.92 Å². The number of hydrogen-bond donors (Lipinski definition) is 3. The number of fused-ring (bicyclic) bond motifs is 3. The van der Waals surface area contributed by atoms with Crippen molar-refractivity contribution in [3.05, 3.63) is 60.7 Å². The van der Waals surface area contributed by atoms with Gasteiger partial charge in [0.05, 0.1) is 24.1 Å². The van der Waals surface area contributed by atoms with Crippen molar-refractivity contribution in [2.75, 3.05) is 38.8 Å². The Bertz CT molecular complexity index is 2390. The second-order valence-electron chi connectivity index (χ2n) is 17.5. The van der Waals surface area contributed by atoms with E-state index in [2.05, 4.69) is 20.1 Å². The van der Waals surface area contributed by atoms with E-state index in [1.165, 1.54) is 29.2 Å². The number of anilines is 1. The summed E-state index contributed by atoms with van der Waals surface area (Å²) >= 11 is 0. The van der Waals surface area contributed by atoms with Gasteiger partial charge in [0.1, 0.15) is 35.1 Å². The van der Waals surface area contributed by atoms with Crippen LogP contribution in [-0.4, -0.2) is 117 Å². The Morgan fingerprint density at radius 3 is 2.43 bits per heavy atom. The number of halogens is 3. The lowest BCUT2D eigenvalue weighted by Crippen LogP contribution is -2.58. The number of aromatic nitrogens is 1. The molecule has 2 aliphatic heterocycles. The van der Waals surface area contributed by atoms with Gasteiger partial charge in [-0.15, -0.1) is 13.2 Å². The molecule has 1 aromatic heterocycles. The molecule has 1 unspecified atom stereocenters. The van der Waals surface area contributed by atoms with Crippen molar-refractivity contribution >= 4 is 50.3 Å². The zero-order chi connectivity index (χ0) is 45.5. The first-order chi connectivity index (χ1) is 29.6. The molecule has 4 aliphatic rings. The number of benzene rings is 2. The lowest BCUT2D eigenvalue weighted by atomic mass is 10.1. The Hall–Kier alpha value is -5.63. The van der Waals surface area contributed by atoms with Gasteiger partial charge in [0.2, 0.25) is 27.7 Å². The number of amides is 4. The highest BCUT2D eigenvalue weighted by atomic mass is 32.2. The minimum Gasteiger partial charge on any atom is -0.472 e. The summed E-state index contributed by atoms with van der Waals surface area (Å²) in [6.45, 7) is 5.20. The van der Waals surface area contributed by atoms with Crippen molar-refractivity contribution in [3.63, 3.8) is 0 Å². The molecular weight excluding hydrogens is 850 g/mol. The molecule has 2 aliphatic carbocycles. The number of hydrogen-bond acceptors (Lipinski definition) is 12. The standard InChI is InChI=1S/C43H51F3N6O10S/c1-41(2,3)62-40(56)48-33-9-7-19-59-18-6-8-27-23-42(27,39(55)50-63(57,58)31-15-16-31)49-36(53)35-22-30(24-52(35)38(33)54)60-37-32-17-12-28(51(4)5)20-26(32)21-34(47-37)25-10-13-29(14-11-25)61-43(44,45)46/h6,8,10-14,17,20-21,27,30-31,33,35H,7,9,15-16,18-19,22-24H2,1-5H3,(H,48,56)(H,49,53)(H,50,55)/t27-,30?,33+,35+,42-/m1/s1. The predicted octanol–water partition coefficient (Wildman–Crippen LogP) is 4.96. The average molecular weight is 901 g/mol. The summed E-state index contributed by atoms with van der Waals surface area (Å²) in [5.41, 5.74) is -0.913. The number of alkyl halides is 3. The van der Waals surface area contributed by atoms with Crippen LogP contribution in [0, 0.1) is 5.92 Å². The maximum absolute atomic E-state index is 14.7. The van der Waals surface area contributed by atoms with Crippen LogP contribution in [0.4, 0.5) is 23.7 Å². The van der Waals surface area contributed by atoms with Gasteiger partial charge in [-0.2, -0.15) is 0 Å². The third-order valence-corrected chi connectivity index (χ3v) is 12.9. The number of carbonyl (C=O) groups is 4. The normalized spacial score (nSPS) is 24.5. The van der Waals surface area contributed by atoms with E-state index in [9.17, 15) is 40.8 Å². The van der Waals surface area contributed by atoms with E-state index in [4.69, 9.17) is 19.2 Å². The van der Waals surface area contributed by atoms with Crippen molar-refractivity contribution in [2.45, 2.75) is 100 Å². The van der Waals surface area contributed by atoms with Crippen LogP contribution < -0.4 is 29.7 Å². The quantitative estimate of drug-likeness (QED) is 0.245. The third-order valence-electron chi connectivity index (χ3n) is 11.1. The maximum Gasteiger partial charge on any atom is 0.573 e. The van der Waals surface area contributed by atoms with Gasteiger partial charge in [0.25, 0.3) is 5.91 Å². The summed E-state index contributed by atoms with van der Waals surface area (Å²) in [5.74, 6) is -3.15. The van der Waals surface area contributed by atoms with Crippen molar-refractivity contribution in [3.8, 4) is 22.9 Å². The Labute approximate surface area is 362 Å².